The van der Waals surface area contributed by atoms with Crippen molar-refractivity contribution in [3.05, 3.63) is 30.0 Å². The Morgan fingerprint density at radius 1 is 1.23 bits per heavy atom. The van der Waals surface area contributed by atoms with Gasteiger partial charge in [0.1, 0.15) is 17.1 Å². The van der Waals surface area contributed by atoms with E-state index in [0.717, 1.165) is 25.7 Å². The van der Waals surface area contributed by atoms with Crippen molar-refractivity contribution in [3.8, 4) is 11.5 Å². The van der Waals surface area contributed by atoms with Gasteiger partial charge in [0.05, 0.1) is 12.5 Å². The van der Waals surface area contributed by atoms with Crippen LogP contribution in [0.5, 0.6) is 0 Å². The maximum absolute atomic E-state index is 13.2. The second kappa shape index (κ2) is 7.05. The van der Waals surface area contributed by atoms with Crippen LogP contribution in [0, 0.1) is 5.92 Å². The van der Waals surface area contributed by atoms with Crippen molar-refractivity contribution in [2.75, 3.05) is 0 Å². The number of carbonyl (C=O) groups is 1. The van der Waals surface area contributed by atoms with Gasteiger partial charge in [-0.15, -0.1) is 0 Å². The second-order valence-corrected chi connectivity index (χ2v) is 6.78. The number of aromatic nitrogens is 4. The van der Waals surface area contributed by atoms with Crippen LogP contribution in [0.1, 0.15) is 48.8 Å². The zero-order valence-electron chi connectivity index (χ0n) is 14.5. The maximum atomic E-state index is 13.2. The predicted molar refractivity (Wildman–Crippen MR) is 88.1 cm³/mol. The summed E-state index contributed by atoms with van der Waals surface area (Å²) in [6.45, 7) is 2.15. The van der Waals surface area contributed by atoms with Crippen LogP contribution in [-0.2, 0) is 13.2 Å². The van der Waals surface area contributed by atoms with Gasteiger partial charge in [0.15, 0.2) is 5.82 Å². The molecule has 0 aromatic carbocycles. The van der Waals surface area contributed by atoms with Crippen LogP contribution in [0.15, 0.2) is 18.6 Å². The largest absolute Gasteiger partial charge is 0.433 e. The molecule has 9 heteroatoms. The lowest BCUT2D eigenvalue weighted by Crippen LogP contribution is -2.38. The van der Waals surface area contributed by atoms with Gasteiger partial charge in [0.2, 0.25) is 0 Å². The molecule has 0 aliphatic heterocycles. The molecule has 1 fully saturated rings. The molecule has 0 spiro atoms. The minimum absolute atomic E-state index is 0.0387. The number of hydrogen-bond acceptors (Lipinski definition) is 4. The molecule has 140 valence electrons. The molecule has 0 atom stereocenters. The predicted octanol–water partition coefficient (Wildman–Crippen LogP) is 3.20. The smallest absolute Gasteiger partial charge is 0.348 e. The van der Waals surface area contributed by atoms with E-state index in [1.165, 1.54) is 17.1 Å². The molecule has 1 amide bonds. The molecule has 0 saturated heterocycles. The Balaban J connectivity index is 1.90. The first-order chi connectivity index (χ1) is 12.2. The van der Waals surface area contributed by atoms with Crippen molar-refractivity contribution in [1.82, 2.24) is 24.8 Å². The fourth-order valence-corrected chi connectivity index (χ4v) is 3.06. The van der Waals surface area contributed by atoms with Crippen molar-refractivity contribution in [1.29, 1.82) is 0 Å². The van der Waals surface area contributed by atoms with Gasteiger partial charge in [-0.25, -0.2) is 15.0 Å². The summed E-state index contributed by atoms with van der Waals surface area (Å²) in [7, 11) is 1.62. The highest BCUT2D eigenvalue weighted by molar-refractivity contribution is 5.93. The Kier molecular flexibility index (Phi) is 4.97. The molecular formula is C17H20F3N5O. The van der Waals surface area contributed by atoms with Crippen LogP contribution < -0.4 is 5.32 Å². The van der Waals surface area contributed by atoms with Gasteiger partial charge in [0, 0.05) is 19.2 Å². The fraction of sp³-hybridized carbons (Fsp3) is 0.529. The minimum Gasteiger partial charge on any atom is -0.348 e. The van der Waals surface area contributed by atoms with Crippen molar-refractivity contribution in [2.24, 2.45) is 13.0 Å². The average Bonchev–Trinajstić information content (AvgIpc) is 3.02. The average molecular weight is 367 g/mol. The number of nitrogens with one attached hydrogen (secondary N) is 1. The third kappa shape index (κ3) is 4.03. The highest BCUT2D eigenvalue weighted by Gasteiger charge is 2.35. The lowest BCUT2D eigenvalue weighted by molar-refractivity contribution is -0.141. The van der Waals surface area contributed by atoms with Gasteiger partial charge in [0.25, 0.3) is 5.91 Å². The third-order valence-electron chi connectivity index (χ3n) is 4.65. The number of alkyl halides is 3. The Morgan fingerprint density at radius 3 is 2.50 bits per heavy atom. The molecule has 2 aromatic heterocycles. The molecule has 2 aromatic rings. The van der Waals surface area contributed by atoms with Gasteiger partial charge in [-0.05, 0) is 31.6 Å². The maximum Gasteiger partial charge on any atom is 0.433 e. The molecule has 1 aliphatic rings. The second-order valence-electron chi connectivity index (χ2n) is 6.78. The highest BCUT2D eigenvalue weighted by atomic mass is 19.4. The van der Waals surface area contributed by atoms with E-state index in [0.29, 0.717) is 17.7 Å². The van der Waals surface area contributed by atoms with E-state index < -0.39 is 17.8 Å². The molecule has 1 N–H and O–H groups in total. The number of amides is 1. The number of halogens is 3. The van der Waals surface area contributed by atoms with Gasteiger partial charge in [-0.3, -0.25) is 4.79 Å². The number of hydrogen-bond donors (Lipinski definition) is 1. The molecule has 1 aliphatic carbocycles. The molecule has 6 nitrogen and oxygen atoms in total. The molecule has 1 saturated carbocycles. The molecule has 26 heavy (non-hydrogen) atoms. The van der Waals surface area contributed by atoms with Gasteiger partial charge >= 0.3 is 6.18 Å². The third-order valence-corrected chi connectivity index (χ3v) is 4.65. The summed E-state index contributed by atoms with van der Waals surface area (Å²) in [6.07, 6.45) is 1.73. The van der Waals surface area contributed by atoms with E-state index in [4.69, 9.17) is 0 Å². The molecule has 0 radical (unpaired) electrons. The van der Waals surface area contributed by atoms with E-state index in [1.807, 2.05) is 0 Å². The summed E-state index contributed by atoms with van der Waals surface area (Å²) >= 11 is 0. The Bertz CT molecular complexity index is 794. The van der Waals surface area contributed by atoms with Gasteiger partial charge in [-0.1, -0.05) is 6.92 Å². The van der Waals surface area contributed by atoms with Gasteiger partial charge < -0.3 is 9.88 Å². The number of aryl methyl sites for hydroxylation is 1. The van der Waals surface area contributed by atoms with E-state index in [2.05, 4.69) is 27.2 Å². The van der Waals surface area contributed by atoms with Crippen molar-refractivity contribution in [2.45, 2.75) is 44.8 Å². The standard InChI is InChI=1S/C17H20F3N5O/c1-10-3-5-11(6-4-10)22-16(26)12-7-14(17(18,19)20)24-15(23-12)13-8-21-9-25(13)2/h7-11H,3-6H2,1-2H3,(H,22,26). The number of nitrogens with zero attached hydrogens (tertiary/aromatic N) is 4. The van der Waals surface area contributed by atoms with Crippen molar-refractivity contribution < 1.29 is 18.0 Å². The van der Waals surface area contributed by atoms with Crippen molar-refractivity contribution >= 4 is 5.91 Å². The van der Waals surface area contributed by atoms with E-state index >= 15 is 0 Å². The lowest BCUT2D eigenvalue weighted by Gasteiger charge is -2.26. The number of imidazole rings is 1. The molecule has 3 rings (SSSR count). The van der Waals surface area contributed by atoms with Crippen LogP contribution >= 0.6 is 0 Å². The SMILES string of the molecule is CC1CCC(NC(=O)c2cc(C(F)(F)F)nc(-c3cncn3C)n2)CC1. The normalized spacial score (nSPS) is 20.8. The zero-order chi connectivity index (χ0) is 18.9. The Morgan fingerprint density at radius 2 is 1.92 bits per heavy atom. The molecule has 0 unspecified atom stereocenters. The quantitative estimate of drug-likeness (QED) is 0.904. The summed E-state index contributed by atoms with van der Waals surface area (Å²) in [5.41, 5.74) is -1.13. The fourth-order valence-electron chi connectivity index (χ4n) is 3.06. The minimum atomic E-state index is -4.68. The molecule has 2 heterocycles. The van der Waals surface area contributed by atoms with E-state index in [1.54, 1.807) is 7.05 Å². The van der Waals surface area contributed by atoms with Crippen LogP contribution in [-0.4, -0.2) is 31.5 Å². The summed E-state index contributed by atoms with van der Waals surface area (Å²) in [6, 6.07) is 0.656. The summed E-state index contributed by atoms with van der Waals surface area (Å²) < 4.78 is 41.1. The number of rotatable bonds is 3. The van der Waals surface area contributed by atoms with Crippen LogP contribution in [0.3, 0.4) is 0 Å². The topological polar surface area (TPSA) is 72.7 Å². The monoisotopic (exact) mass is 367 g/mol. The summed E-state index contributed by atoms with van der Waals surface area (Å²) in [5, 5.41) is 2.80. The van der Waals surface area contributed by atoms with Crippen LogP contribution in [0.25, 0.3) is 11.5 Å². The van der Waals surface area contributed by atoms with Gasteiger partial charge in [-0.2, -0.15) is 13.2 Å². The molecule has 0 bridgehead atoms. The first-order valence-electron chi connectivity index (χ1n) is 8.48. The van der Waals surface area contributed by atoms with E-state index in [9.17, 15) is 18.0 Å². The zero-order valence-corrected chi connectivity index (χ0v) is 14.5. The lowest BCUT2D eigenvalue weighted by atomic mass is 9.87. The first-order valence-corrected chi connectivity index (χ1v) is 8.48. The van der Waals surface area contributed by atoms with Crippen molar-refractivity contribution in [3.63, 3.8) is 0 Å². The van der Waals surface area contributed by atoms with Crippen LogP contribution in [0.4, 0.5) is 13.2 Å². The molecular weight excluding hydrogens is 347 g/mol. The number of carbonyl (C=O) groups excluding carboxylic acids is 1. The Labute approximate surface area is 148 Å². The summed E-state index contributed by atoms with van der Waals surface area (Å²) in [5.74, 6) is -0.182. The highest BCUT2D eigenvalue weighted by Crippen LogP contribution is 2.30. The summed E-state index contributed by atoms with van der Waals surface area (Å²) in [4.78, 5) is 24.0. The van der Waals surface area contributed by atoms with Crippen LogP contribution in [0.2, 0.25) is 0 Å². The van der Waals surface area contributed by atoms with E-state index in [-0.39, 0.29) is 17.6 Å². The first kappa shape index (κ1) is 18.3. The Hall–Kier alpha value is -2.45.